The molecule has 0 unspecified atom stereocenters. The fraction of sp³-hybridized carbons (Fsp3) is 0. The molecule has 0 aliphatic rings. The molecule has 0 bridgehead atoms. The van der Waals surface area contributed by atoms with Crippen LogP contribution in [0.15, 0.2) is 57.7 Å². The minimum atomic E-state index is -0.575. The highest BCUT2D eigenvalue weighted by atomic mass is 32.1. The minimum absolute atomic E-state index is 0.00377. The average molecular weight is 271 g/mol. The van der Waals surface area contributed by atoms with Crippen LogP contribution in [0, 0.1) is 4.64 Å². The van der Waals surface area contributed by atoms with Crippen molar-refractivity contribution in [3.05, 3.63) is 63.7 Å². The number of phenols is 1. The summed E-state index contributed by atoms with van der Waals surface area (Å²) >= 11 is 5.29. The summed E-state index contributed by atoms with van der Waals surface area (Å²) in [6.45, 7) is 0. The quantitative estimate of drug-likeness (QED) is 0.691. The van der Waals surface area contributed by atoms with Crippen LogP contribution in [0.5, 0.6) is 5.75 Å². The standard InChI is InChI=1S/C14H9NO3S/c16-10-7-4-8-11-12(10)13(19)15(14(17)18-11)9-5-2-1-3-6-9/h1-8,16H. The van der Waals surface area contributed by atoms with Gasteiger partial charge in [0.15, 0.2) is 0 Å². The second-order valence-electron chi connectivity index (χ2n) is 3.99. The van der Waals surface area contributed by atoms with Crippen LogP contribution in [0.25, 0.3) is 16.7 Å². The number of aromatic nitrogens is 1. The number of nitrogens with zero attached hydrogens (tertiary/aromatic N) is 1. The van der Waals surface area contributed by atoms with Crippen LogP contribution in [-0.2, 0) is 0 Å². The van der Waals surface area contributed by atoms with Crippen molar-refractivity contribution in [3.8, 4) is 11.4 Å². The lowest BCUT2D eigenvalue weighted by molar-refractivity contribution is 0.472. The van der Waals surface area contributed by atoms with Crippen molar-refractivity contribution < 1.29 is 9.52 Å². The van der Waals surface area contributed by atoms with Crippen LogP contribution in [0.1, 0.15) is 0 Å². The molecule has 1 N–H and O–H groups in total. The van der Waals surface area contributed by atoms with Crippen molar-refractivity contribution in [2.45, 2.75) is 0 Å². The predicted octanol–water partition coefficient (Wildman–Crippen LogP) is 3.02. The first-order valence-electron chi connectivity index (χ1n) is 5.62. The van der Waals surface area contributed by atoms with Crippen LogP contribution in [0.3, 0.4) is 0 Å². The molecule has 0 radical (unpaired) electrons. The number of hydrogen-bond acceptors (Lipinski definition) is 4. The van der Waals surface area contributed by atoms with E-state index in [1.165, 1.54) is 10.6 Å². The summed E-state index contributed by atoms with van der Waals surface area (Å²) in [7, 11) is 0. The maximum absolute atomic E-state index is 12.0. The summed E-state index contributed by atoms with van der Waals surface area (Å²) in [6.07, 6.45) is 0. The van der Waals surface area contributed by atoms with Gasteiger partial charge in [0.05, 0.1) is 11.1 Å². The van der Waals surface area contributed by atoms with E-state index in [0.29, 0.717) is 11.1 Å². The Hall–Kier alpha value is -2.40. The second kappa shape index (κ2) is 4.37. The molecule has 0 spiro atoms. The molecule has 2 aromatic carbocycles. The number of phenolic OH excluding ortho intramolecular Hbond substituents is 1. The van der Waals surface area contributed by atoms with Crippen molar-refractivity contribution >= 4 is 23.2 Å². The molecule has 0 aliphatic heterocycles. The number of aromatic hydroxyl groups is 1. The molecule has 0 aliphatic carbocycles. The normalized spacial score (nSPS) is 10.7. The average Bonchev–Trinajstić information content (AvgIpc) is 2.39. The van der Waals surface area contributed by atoms with Crippen LogP contribution in [0.4, 0.5) is 0 Å². The van der Waals surface area contributed by atoms with E-state index in [2.05, 4.69) is 0 Å². The molecule has 4 nitrogen and oxygen atoms in total. The monoisotopic (exact) mass is 271 g/mol. The second-order valence-corrected chi connectivity index (χ2v) is 4.38. The van der Waals surface area contributed by atoms with Gasteiger partial charge >= 0.3 is 5.76 Å². The van der Waals surface area contributed by atoms with Gasteiger partial charge in [-0.3, -0.25) is 0 Å². The van der Waals surface area contributed by atoms with Gasteiger partial charge in [0.1, 0.15) is 16.0 Å². The first-order chi connectivity index (χ1) is 9.18. The maximum atomic E-state index is 12.0. The van der Waals surface area contributed by atoms with E-state index in [1.807, 2.05) is 6.07 Å². The van der Waals surface area contributed by atoms with E-state index < -0.39 is 5.76 Å². The first-order valence-corrected chi connectivity index (χ1v) is 6.02. The zero-order chi connectivity index (χ0) is 13.4. The van der Waals surface area contributed by atoms with Crippen LogP contribution in [-0.4, -0.2) is 9.67 Å². The van der Waals surface area contributed by atoms with Gasteiger partial charge < -0.3 is 9.52 Å². The molecule has 19 heavy (non-hydrogen) atoms. The van der Waals surface area contributed by atoms with E-state index in [0.717, 1.165) is 0 Å². The summed E-state index contributed by atoms with van der Waals surface area (Å²) in [4.78, 5) is 12.0. The van der Waals surface area contributed by atoms with Gasteiger partial charge in [0, 0.05) is 0 Å². The summed E-state index contributed by atoms with van der Waals surface area (Å²) in [6, 6.07) is 13.6. The largest absolute Gasteiger partial charge is 0.507 e. The van der Waals surface area contributed by atoms with E-state index >= 15 is 0 Å². The molecule has 3 rings (SSSR count). The van der Waals surface area contributed by atoms with Gasteiger partial charge in [-0.1, -0.05) is 36.5 Å². The van der Waals surface area contributed by atoms with Gasteiger partial charge in [-0.05, 0) is 24.3 Å². The molecule has 0 atom stereocenters. The zero-order valence-corrected chi connectivity index (χ0v) is 10.6. The molecular weight excluding hydrogens is 262 g/mol. The van der Waals surface area contributed by atoms with Gasteiger partial charge in [-0.15, -0.1) is 0 Å². The van der Waals surface area contributed by atoms with Crippen molar-refractivity contribution in [3.63, 3.8) is 0 Å². The summed E-state index contributed by atoms with van der Waals surface area (Å²) in [5, 5.41) is 10.2. The zero-order valence-electron chi connectivity index (χ0n) is 9.74. The Labute approximate surface area is 113 Å². The maximum Gasteiger partial charge on any atom is 0.425 e. The van der Waals surface area contributed by atoms with E-state index in [9.17, 15) is 9.90 Å². The molecule has 94 valence electrons. The molecule has 1 aromatic heterocycles. The van der Waals surface area contributed by atoms with E-state index in [1.54, 1.807) is 36.4 Å². The Balaban J connectivity index is 2.49. The van der Waals surface area contributed by atoms with E-state index in [4.69, 9.17) is 16.6 Å². The highest BCUT2D eigenvalue weighted by Crippen LogP contribution is 2.25. The minimum Gasteiger partial charge on any atom is -0.507 e. The van der Waals surface area contributed by atoms with Gasteiger partial charge in [0.25, 0.3) is 0 Å². The molecule has 0 saturated carbocycles. The highest BCUT2D eigenvalue weighted by Gasteiger charge is 2.11. The smallest absolute Gasteiger partial charge is 0.425 e. The number of rotatable bonds is 1. The summed E-state index contributed by atoms with van der Waals surface area (Å²) < 4.78 is 6.68. The third-order valence-electron chi connectivity index (χ3n) is 2.82. The fourth-order valence-electron chi connectivity index (χ4n) is 1.95. The lowest BCUT2D eigenvalue weighted by Gasteiger charge is -2.07. The number of benzene rings is 2. The van der Waals surface area contributed by atoms with Crippen molar-refractivity contribution in [2.75, 3.05) is 0 Å². The Morgan fingerprint density at radius 2 is 1.79 bits per heavy atom. The Morgan fingerprint density at radius 3 is 2.53 bits per heavy atom. The van der Waals surface area contributed by atoms with Gasteiger partial charge in [0.2, 0.25) is 0 Å². The molecule has 1 heterocycles. The third-order valence-corrected chi connectivity index (χ3v) is 3.20. The van der Waals surface area contributed by atoms with E-state index in [-0.39, 0.29) is 16.0 Å². The number of fused-ring (bicyclic) bond motifs is 1. The topological polar surface area (TPSA) is 55.4 Å². The van der Waals surface area contributed by atoms with Crippen molar-refractivity contribution in [1.29, 1.82) is 0 Å². The lowest BCUT2D eigenvalue weighted by Crippen LogP contribution is -2.17. The van der Waals surface area contributed by atoms with Gasteiger partial charge in [-0.25, -0.2) is 9.36 Å². The SMILES string of the molecule is O=c1oc2cccc(O)c2c(=S)n1-c1ccccc1. The molecular formula is C14H9NO3S. The predicted molar refractivity (Wildman–Crippen MR) is 74.3 cm³/mol. The molecule has 0 fully saturated rings. The number of hydrogen-bond donors (Lipinski definition) is 1. The highest BCUT2D eigenvalue weighted by molar-refractivity contribution is 7.71. The molecule has 0 amide bonds. The summed E-state index contributed by atoms with van der Waals surface area (Å²) in [5.41, 5.74) is 0.883. The van der Waals surface area contributed by atoms with Crippen LogP contribution < -0.4 is 5.76 Å². The summed E-state index contributed by atoms with van der Waals surface area (Å²) in [5.74, 6) is -0.578. The first kappa shape index (κ1) is 11.7. The molecule has 0 saturated heterocycles. The van der Waals surface area contributed by atoms with Crippen LogP contribution in [0.2, 0.25) is 0 Å². The lowest BCUT2D eigenvalue weighted by atomic mass is 10.2. The van der Waals surface area contributed by atoms with Crippen LogP contribution >= 0.6 is 12.2 Å². The number of para-hydroxylation sites is 1. The Bertz CT molecular complexity index is 865. The van der Waals surface area contributed by atoms with Crippen molar-refractivity contribution in [1.82, 2.24) is 4.57 Å². The molecule has 5 heteroatoms. The Kier molecular flexibility index (Phi) is 2.68. The fourth-order valence-corrected chi connectivity index (χ4v) is 2.34. The van der Waals surface area contributed by atoms with Crippen molar-refractivity contribution in [2.24, 2.45) is 0 Å². The van der Waals surface area contributed by atoms with Gasteiger partial charge in [-0.2, -0.15) is 0 Å². The Morgan fingerprint density at radius 1 is 1.05 bits per heavy atom. The third kappa shape index (κ3) is 1.84. The molecule has 3 aromatic rings.